The number of alkyl halides is 3. The highest BCUT2D eigenvalue weighted by atomic mass is 32.2. The van der Waals surface area contributed by atoms with Crippen LogP contribution in [0.2, 0.25) is 0 Å². The lowest BCUT2D eigenvalue weighted by atomic mass is 10.1. The Bertz CT molecular complexity index is 1980. The summed E-state index contributed by atoms with van der Waals surface area (Å²) in [5.41, 5.74) is -2.79. The molecule has 0 bridgehead atoms. The quantitative estimate of drug-likeness (QED) is 0.221. The number of amidine groups is 1. The molecule has 1 aliphatic heterocycles. The molecule has 0 atom stereocenters. The minimum atomic E-state index is -5.51. The number of amides is 3. The van der Waals surface area contributed by atoms with Crippen molar-refractivity contribution in [1.82, 2.24) is 14.8 Å². The molecule has 4 aromatic rings. The summed E-state index contributed by atoms with van der Waals surface area (Å²) in [7, 11) is -1.75. The SMILES string of the molecule is CCCc1ccc(N(C)C)cc1N1C(=O)CSC1=NC(=O)Nc1ccc(-c2ncn(-c3ccc(S(=O)(=O)C(F)(F)F)cc3)n2)cc1F. The molecule has 1 fully saturated rings. The first-order chi connectivity index (χ1) is 22.2. The molecule has 2 heterocycles. The van der Waals surface area contributed by atoms with E-state index in [2.05, 4.69) is 20.4 Å². The van der Waals surface area contributed by atoms with Gasteiger partial charge in [0.15, 0.2) is 11.0 Å². The molecule has 17 heteroatoms. The zero-order valence-corrected chi connectivity index (χ0v) is 26.7. The molecule has 3 aromatic carbocycles. The second-order valence-electron chi connectivity index (χ2n) is 10.5. The van der Waals surface area contributed by atoms with Gasteiger partial charge < -0.3 is 10.2 Å². The van der Waals surface area contributed by atoms with Crippen LogP contribution in [0, 0.1) is 5.82 Å². The van der Waals surface area contributed by atoms with Crippen LogP contribution in [0.25, 0.3) is 17.1 Å². The van der Waals surface area contributed by atoms with Crippen LogP contribution in [-0.2, 0) is 21.1 Å². The van der Waals surface area contributed by atoms with Crippen molar-refractivity contribution in [2.24, 2.45) is 4.99 Å². The van der Waals surface area contributed by atoms with Crippen LogP contribution >= 0.6 is 11.8 Å². The maximum absolute atomic E-state index is 15.1. The molecular weight excluding hydrogens is 663 g/mol. The van der Waals surface area contributed by atoms with Crippen molar-refractivity contribution in [1.29, 1.82) is 0 Å². The minimum absolute atomic E-state index is 0.0494. The fourth-order valence-corrected chi connectivity index (χ4v) is 6.24. The standard InChI is InChI=1S/C30H27F4N7O4S2/c1-4-5-18-6-8-21(39(2)3)15-25(18)41-26(42)16-46-29(41)37-28(43)36-24-13-7-19(14-23(24)31)27-35-17-40(38-27)20-9-11-22(12-10-20)47(44,45)30(32,33)34/h6-15,17H,4-5,16H2,1-3H3,(H,36,43). The first kappa shape index (κ1) is 33.6. The summed E-state index contributed by atoms with van der Waals surface area (Å²) < 4.78 is 78.0. The molecule has 0 aliphatic carbocycles. The third-order valence-corrected chi connectivity index (χ3v) is 9.41. The van der Waals surface area contributed by atoms with Gasteiger partial charge in [-0.05, 0) is 66.6 Å². The van der Waals surface area contributed by atoms with Gasteiger partial charge in [-0.15, -0.1) is 5.10 Å². The monoisotopic (exact) mass is 689 g/mol. The highest BCUT2D eigenvalue weighted by Crippen LogP contribution is 2.34. The highest BCUT2D eigenvalue weighted by Gasteiger charge is 2.46. The van der Waals surface area contributed by atoms with Crippen molar-refractivity contribution in [3.8, 4) is 17.1 Å². The van der Waals surface area contributed by atoms with Crippen LogP contribution in [0.4, 0.5) is 39.4 Å². The average Bonchev–Trinajstić information content (AvgIpc) is 3.65. The second-order valence-corrected chi connectivity index (χ2v) is 13.3. The molecule has 3 amide bonds. The molecule has 47 heavy (non-hydrogen) atoms. The molecule has 11 nitrogen and oxygen atoms in total. The number of carbonyl (C=O) groups excluding carboxylic acids is 2. The molecule has 1 N–H and O–H groups in total. The van der Waals surface area contributed by atoms with Gasteiger partial charge in [0, 0.05) is 25.3 Å². The number of halogens is 4. The average molecular weight is 690 g/mol. The molecular formula is C30H27F4N7O4S2. The van der Waals surface area contributed by atoms with E-state index in [9.17, 15) is 31.2 Å². The summed E-state index contributed by atoms with van der Waals surface area (Å²) in [5.74, 6) is -0.929. The molecule has 0 radical (unpaired) electrons. The van der Waals surface area contributed by atoms with Gasteiger partial charge in [0.1, 0.15) is 12.1 Å². The van der Waals surface area contributed by atoms with E-state index in [0.717, 1.165) is 59.8 Å². The van der Waals surface area contributed by atoms with Crippen molar-refractivity contribution < 1.29 is 35.6 Å². The maximum Gasteiger partial charge on any atom is 0.501 e. The third kappa shape index (κ3) is 7.00. The second kappa shape index (κ2) is 13.2. The predicted octanol–water partition coefficient (Wildman–Crippen LogP) is 6.05. The van der Waals surface area contributed by atoms with Gasteiger partial charge in [0.2, 0.25) is 5.91 Å². The number of benzene rings is 3. The molecule has 1 saturated heterocycles. The maximum atomic E-state index is 15.1. The largest absolute Gasteiger partial charge is 0.501 e. The number of anilines is 3. The first-order valence-electron chi connectivity index (χ1n) is 14.0. The van der Waals surface area contributed by atoms with Crippen LogP contribution in [0.5, 0.6) is 0 Å². The fraction of sp³-hybridized carbons (Fsp3) is 0.233. The van der Waals surface area contributed by atoms with Crippen molar-refractivity contribution in [2.75, 3.05) is 35.0 Å². The van der Waals surface area contributed by atoms with E-state index in [1.54, 1.807) is 0 Å². The van der Waals surface area contributed by atoms with Crippen molar-refractivity contribution in [3.05, 3.63) is 78.4 Å². The Hall–Kier alpha value is -4.77. The lowest BCUT2D eigenvalue weighted by molar-refractivity contribution is -0.115. The number of aliphatic imine (C=N–C) groups is 1. The van der Waals surface area contributed by atoms with Crippen molar-refractivity contribution in [3.63, 3.8) is 0 Å². The molecule has 0 saturated carbocycles. The Morgan fingerprint density at radius 2 is 1.81 bits per heavy atom. The first-order valence-corrected chi connectivity index (χ1v) is 16.5. The van der Waals surface area contributed by atoms with E-state index < -0.39 is 32.1 Å². The normalized spacial score (nSPS) is 14.6. The van der Waals surface area contributed by atoms with Gasteiger partial charge in [-0.3, -0.25) is 9.69 Å². The van der Waals surface area contributed by atoms with E-state index >= 15 is 4.39 Å². The summed E-state index contributed by atoms with van der Waals surface area (Å²) in [4.78, 5) is 36.4. The minimum Gasteiger partial charge on any atom is -0.378 e. The number of thioether (sulfide) groups is 1. The van der Waals surface area contributed by atoms with Gasteiger partial charge in [-0.25, -0.2) is 27.3 Å². The number of aromatic nitrogens is 3. The number of urea groups is 1. The molecule has 246 valence electrons. The van der Waals surface area contributed by atoms with E-state index in [1.165, 1.54) is 28.0 Å². The molecule has 0 unspecified atom stereocenters. The fourth-order valence-electron chi connectivity index (χ4n) is 4.62. The summed E-state index contributed by atoms with van der Waals surface area (Å²) in [6, 6.07) is 12.5. The summed E-state index contributed by atoms with van der Waals surface area (Å²) in [6.45, 7) is 2.02. The van der Waals surface area contributed by atoms with Crippen LogP contribution < -0.4 is 15.1 Å². The van der Waals surface area contributed by atoms with Gasteiger partial charge in [-0.1, -0.05) is 31.2 Å². The number of aryl methyl sites for hydroxylation is 1. The van der Waals surface area contributed by atoms with Crippen LogP contribution in [0.15, 0.2) is 76.9 Å². The van der Waals surface area contributed by atoms with E-state index in [4.69, 9.17) is 0 Å². The van der Waals surface area contributed by atoms with Gasteiger partial charge in [-0.2, -0.15) is 18.2 Å². The number of carbonyl (C=O) groups is 2. The third-order valence-electron chi connectivity index (χ3n) is 6.99. The molecule has 0 spiro atoms. The number of sulfone groups is 1. The number of hydrogen-bond donors (Lipinski definition) is 1. The van der Waals surface area contributed by atoms with Gasteiger partial charge in [0.05, 0.1) is 27.7 Å². The van der Waals surface area contributed by atoms with Gasteiger partial charge >= 0.3 is 11.5 Å². The van der Waals surface area contributed by atoms with E-state index in [0.29, 0.717) is 12.1 Å². The molecule has 1 aromatic heterocycles. The Morgan fingerprint density at radius 1 is 1.09 bits per heavy atom. The Labute approximate surface area is 271 Å². The number of nitrogens with zero attached hydrogens (tertiary/aromatic N) is 6. The van der Waals surface area contributed by atoms with E-state index in [-0.39, 0.29) is 39.6 Å². The summed E-state index contributed by atoms with van der Waals surface area (Å²) >= 11 is 1.10. The van der Waals surface area contributed by atoms with Crippen LogP contribution in [-0.4, -0.2) is 65.6 Å². The molecule has 5 rings (SSSR count). The zero-order chi connectivity index (χ0) is 34.1. The summed E-state index contributed by atoms with van der Waals surface area (Å²) in [5, 5.41) is 6.75. The Balaban J connectivity index is 1.33. The number of nitrogens with one attached hydrogen (secondary N) is 1. The Morgan fingerprint density at radius 3 is 2.45 bits per heavy atom. The topological polar surface area (TPSA) is 130 Å². The lowest BCUT2D eigenvalue weighted by Gasteiger charge is -2.22. The number of rotatable bonds is 8. The Kier molecular flexibility index (Phi) is 9.40. The smallest absolute Gasteiger partial charge is 0.378 e. The number of hydrogen-bond acceptors (Lipinski definition) is 8. The predicted molar refractivity (Wildman–Crippen MR) is 171 cm³/mol. The van der Waals surface area contributed by atoms with Crippen molar-refractivity contribution in [2.45, 2.75) is 30.2 Å². The van der Waals surface area contributed by atoms with Crippen molar-refractivity contribution >= 4 is 55.8 Å². The van der Waals surface area contributed by atoms with Gasteiger partial charge in [0.25, 0.3) is 9.84 Å². The zero-order valence-electron chi connectivity index (χ0n) is 25.1. The van der Waals surface area contributed by atoms with Crippen LogP contribution in [0.1, 0.15) is 18.9 Å². The summed E-state index contributed by atoms with van der Waals surface area (Å²) in [6.07, 6.45) is 2.77. The highest BCUT2D eigenvalue weighted by molar-refractivity contribution is 8.15. The van der Waals surface area contributed by atoms with E-state index in [1.807, 2.05) is 44.1 Å². The van der Waals surface area contributed by atoms with Crippen LogP contribution in [0.3, 0.4) is 0 Å². The lowest BCUT2D eigenvalue weighted by Crippen LogP contribution is -2.31. The molecule has 1 aliphatic rings.